The van der Waals surface area contributed by atoms with Crippen molar-refractivity contribution < 1.29 is 9.59 Å². The number of nitrogens with one attached hydrogen (secondary N) is 2. The van der Waals surface area contributed by atoms with E-state index in [1.54, 1.807) is 30.5 Å². The monoisotopic (exact) mass is 302 g/mol. The Morgan fingerprint density at radius 1 is 1.19 bits per heavy atom. The summed E-state index contributed by atoms with van der Waals surface area (Å²) in [6, 6.07) is 9.28. The van der Waals surface area contributed by atoms with Crippen molar-refractivity contribution in [2.24, 2.45) is 0 Å². The van der Waals surface area contributed by atoms with Crippen LogP contribution < -0.4 is 10.6 Å². The van der Waals surface area contributed by atoms with Gasteiger partial charge >= 0.3 is 0 Å². The van der Waals surface area contributed by atoms with Gasteiger partial charge in [0.2, 0.25) is 5.91 Å². The first kappa shape index (κ1) is 15.3. The summed E-state index contributed by atoms with van der Waals surface area (Å²) in [5.74, 6) is -0.104. The van der Waals surface area contributed by atoms with Crippen molar-refractivity contribution >= 4 is 23.2 Å². The van der Waals surface area contributed by atoms with Crippen LogP contribution in [-0.4, -0.2) is 18.9 Å². The second kappa shape index (κ2) is 7.59. The minimum Gasteiger partial charge on any atom is -0.355 e. The fraction of sp³-hybridized carbons (Fsp3) is 0.250. The fourth-order valence-corrected chi connectivity index (χ4v) is 2.65. The number of carbonyl (C=O) groups excluding carboxylic acids is 2. The number of amides is 2. The lowest BCUT2D eigenvalue weighted by molar-refractivity contribution is -0.121. The summed E-state index contributed by atoms with van der Waals surface area (Å²) >= 11 is 1.64. The molecular formula is C16H18N2O2S. The number of aryl methyl sites for hydroxylation is 1. The quantitative estimate of drug-likeness (QED) is 0.860. The van der Waals surface area contributed by atoms with Crippen LogP contribution in [0.5, 0.6) is 0 Å². The maximum atomic E-state index is 11.8. The van der Waals surface area contributed by atoms with Gasteiger partial charge < -0.3 is 10.6 Å². The topological polar surface area (TPSA) is 58.2 Å². The zero-order valence-electron chi connectivity index (χ0n) is 11.9. The highest BCUT2D eigenvalue weighted by Crippen LogP contribution is 2.09. The molecule has 2 amide bonds. The van der Waals surface area contributed by atoms with Crippen molar-refractivity contribution in [3.05, 3.63) is 57.8 Å². The third-order valence-corrected chi connectivity index (χ3v) is 3.86. The van der Waals surface area contributed by atoms with Crippen LogP contribution in [0.1, 0.15) is 27.9 Å². The Kier molecular flexibility index (Phi) is 5.51. The molecule has 0 bridgehead atoms. The minimum atomic E-state index is -0.124. The van der Waals surface area contributed by atoms with Gasteiger partial charge in [0.05, 0.1) is 0 Å². The van der Waals surface area contributed by atoms with Crippen LogP contribution in [0, 0.1) is 0 Å². The van der Waals surface area contributed by atoms with E-state index in [1.165, 1.54) is 5.56 Å². The molecule has 2 rings (SSSR count). The van der Waals surface area contributed by atoms with Crippen molar-refractivity contribution in [2.75, 3.05) is 7.05 Å². The lowest BCUT2D eigenvalue weighted by atomic mass is 10.1. The molecule has 0 unspecified atom stereocenters. The number of hydrogen-bond donors (Lipinski definition) is 2. The smallest absolute Gasteiger partial charge is 0.251 e. The number of carbonyl (C=O) groups is 2. The van der Waals surface area contributed by atoms with E-state index in [2.05, 4.69) is 16.0 Å². The van der Waals surface area contributed by atoms with Gasteiger partial charge in [0, 0.05) is 25.6 Å². The molecule has 0 spiro atoms. The van der Waals surface area contributed by atoms with Gasteiger partial charge in [0.25, 0.3) is 5.91 Å². The van der Waals surface area contributed by atoms with Crippen LogP contribution >= 0.6 is 11.3 Å². The van der Waals surface area contributed by atoms with Gasteiger partial charge in [-0.25, -0.2) is 0 Å². The molecule has 0 atom stereocenters. The standard InChI is InChI=1S/C16H18N2O2S/c1-17-16(20)14-4-2-3-13(9-14)10-18-15(19)6-5-12-7-8-21-11-12/h2-4,7-9,11H,5-6,10H2,1H3,(H,17,20)(H,18,19). The number of rotatable bonds is 6. The molecule has 0 saturated heterocycles. The summed E-state index contributed by atoms with van der Waals surface area (Å²) in [4.78, 5) is 23.3. The van der Waals surface area contributed by atoms with Gasteiger partial charge in [0.1, 0.15) is 0 Å². The largest absolute Gasteiger partial charge is 0.355 e. The van der Waals surface area contributed by atoms with E-state index >= 15 is 0 Å². The third-order valence-electron chi connectivity index (χ3n) is 3.13. The van der Waals surface area contributed by atoms with Crippen molar-refractivity contribution in [3.63, 3.8) is 0 Å². The summed E-state index contributed by atoms with van der Waals surface area (Å²) in [5.41, 5.74) is 2.71. The second-order valence-electron chi connectivity index (χ2n) is 4.69. The molecule has 21 heavy (non-hydrogen) atoms. The summed E-state index contributed by atoms with van der Waals surface area (Å²) in [7, 11) is 1.60. The molecular weight excluding hydrogens is 284 g/mol. The van der Waals surface area contributed by atoms with Gasteiger partial charge in [-0.2, -0.15) is 11.3 Å². The van der Waals surface area contributed by atoms with E-state index in [1.807, 2.05) is 23.6 Å². The lowest BCUT2D eigenvalue weighted by Crippen LogP contribution is -2.23. The lowest BCUT2D eigenvalue weighted by Gasteiger charge is -2.07. The average molecular weight is 302 g/mol. The highest BCUT2D eigenvalue weighted by Gasteiger charge is 2.05. The maximum Gasteiger partial charge on any atom is 0.251 e. The van der Waals surface area contributed by atoms with Crippen molar-refractivity contribution in [3.8, 4) is 0 Å². The average Bonchev–Trinajstić information content (AvgIpc) is 3.04. The van der Waals surface area contributed by atoms with Crippen molar-refractivity contribution in [1.82, 2.24) is 10.6 Å². The van der Waals surface area contributed by atoms with Crippen molar-refractivity contribution in [2.45, 2.75) is 19.4 Å². The zero-order valence-corrected chi connectivity index (χ0v) is 12.7. The Morgan fingerprint density at radius 3 is 2.76 bits per heavy atom. The maximum absolute atomic E-state index is 11.8. The molecule has 0 aliphatic carbocycles. The molecule has 0 fully saturated rings. The fourth-order valence-electron chi connectivity index (χ4n) is 1.95. The Hall–Kier alpha value is -2.14. The Morgan fingerprint density at radius 2 is 2.05 bits per heavy atom. The molecule has 110 valence electrons. The normalized spacial score (nSPS) is 10.1. The molecule has 0 aliphatic heterocycles. The van der Waals surface area contributed by atoms with Gasteiger partial charge in [-0.3, -0.25) is 9.59 Å². The highest BCUT2D eigenvalue weighted by atomic mass is 32.1. The summed E-state index contributed by atoms with van der Waals surface area (Å²) in [6.45, 7) is 0.438. The van der Waals surface area contributed by atoms with Gasteiger partial charge in [-0.15, -0.1) is 0 Å². The van der Waals surface area contributed by atoms with E-state index in [9.17, 15) is 9.59 Å². The van der Waals surface area contributed by atoms with Crippen LogP contribution in [0.3, 0.4) is 0 Å². The molecule has 0 radical (unpaired) electrons. The third kappa shape index (κ3) is 4.72. The predicted molar refractivity (Wildman–Crippen MR) is 84.3 cm³/mol. The molecule has 1 aromatic heterocycles. The Bertz CT molecular complexity index is 608. The SMILES string of the molecule is CNC(=O)c1cccc(CNC(=O)CCc2ccsc2)c1. The van der Waals surface area contributed by atoms with E-state index < -0.39 is 0 Å². The summed E-state index contributed by atoms with van der Waals surface area (Å²) < 4.78 is 0. The molecule has 0 aliphatic rings. The summed E-state index contributed by atoms with van der Waals surface area (Å²) in [6.07, 6.45) is 1.24. The van der Waals surface area contributed by atoms with Crippen LogP contribution in [0.2, 0.25) is 0 Å². The van der Waals surface area contributed by atoms with E-state index in [4.69, 9.17) is 0 Å². The van der Waals surface area contributed by atoms with Gasteiger partial charge in [0.15, 0.2) is 0 Å². The first-order valence-electron chi connectivity index (χ1n) is 6.78. The molecule has 1 aromatic carbocycles. The first-order valence-corrected chi connectivity index (χ1v) is 7.72. The molecule has 2 N–H and O–H groups in total. The minimum absolute atomic E-state index is 0.0200. The molecule has 4 nitrogen and oxygen atoms in total. The summed E-state index contributed by atoms with van der Waals surface area (Å²) in [5, 5.41) is 9.53. The number of thiophene rings is 1. The molecule has 2 aromatic rings. The molecule has 1 heterocycles. The molecule has 5 heteroatoms. The van der Waals surface area contributed by atoms with Crippen LogP contribution in [0.4, 0.5) is 0 Å². The van der Waals surface area contributed by atoms with Crippen LogP contribution in [0.15, 0.2) is 41.1 Å². The first-order chi connectivity index (χ1) is 10.2. The van der Waals surface area contributed by atoms with Crippen molar-refractivity contribution in [1.29, 1.82) is 0 Å². The zero-order chi connectivity index (χ0) is 15.1. The second-order valence-corrected chi connectivity index (χ2v) is 5.47. The van der Waals surface area contributed by atoms with E-state index in [0.717, 1.165) is 12.0 Å². The van der Waals surface area contributed by atoms with Gasteiger partial charge in [-0.05, 0) is 46.5 Å². The number of hydrogen-bond acceptors (Lipinski definition) is 3. The van der Waals surface area contributed by atoms with Crippen LogP contribution in [0.25, 0.3) is 0 Å². The van der Waals surface area contributed by atoms with Gasteiger partial charge in [-0.1, -0.05) is 12.1 Å². The Balaban J connectivity index is 1.82. The number of benzene rings is 1. The highest BCUT2D eigenvalue weighted by molar-refractivity contribution is 7.07. The Labute approximate surface area is 128 Å². The van der Waals surface area contributed by atoms with E-state index in [0.29, 0.717) is 18.5 Å². The van der Waals surface area contributed by atoms with Crippen LogP contribution in [-0.2, 0) is 17.8 Å². The van der Waals surface area contributed by atoms with E-state index in [-0.39, 0.29) is 11.8 Å². The predicted octanol–water partition coefficient (Wildman–Crippen LogP) is 2.36. The molecule has 0 saturated carbocycles.